The number of para-hydroxylation sites is 1. The van der Waals surface area contributed by atoms with Gasteiger partial charge in [0.1, 0.15) is 0 Å². The molecule has 4 rings (SSSR count). The molecule has 0 saturated carbocycles. The second-order valence-corrected chi connectivity index (χ2v) is 8.91. The van der Waals surface area contributed by atoms with E-state index in [1.54, 1.807) is 0 Å². The van der Waals surface area contributed by atoms with Crippen LogP contribution in [0.2, 0.25) is 5.02 Å². The van der Waals surface area contributed by atoms with Crippen molar-refractivity contribution in [1.29, 1.82) is 0 Å². The molecule has 5 nitrogen and oxygen atoms in total. The normalized spacial score (nSPS) is 10.9. The number of aromatic nitrogens is 3. The smallest absolute Gasteiger partial charge is 0.234 e. The molecule has 0 aliphatic carbocycles. The van der Waals surface area contributed by atoms with Crippen LogP contribution in [-0.2, 0) is 4.79 Å². The number of hydrogen-bond acceptors (Lipinski definition) is 4. The summed E-state index contributed by atoms with van der Waals surface area (Å²) in [5.74, 6) is 0.755. The van der Waals surface area contributed by atoms with Gasteiger partial charge in [-0.3, -0.25) is 9.36 Å². The van der Waals surface area contributed by atoms with E-state index in [2.05, 4.69) is 33.7 Å². The first kappa shape index (κ1) is 22.1. The molecular weight excluding hydrogens is 440 g/mol. The molecule has 4 aromatic rings. The van der Waals surface area contributed by atoms with Gasteiger partial charge in [-0.1, -0.05) is 65.8 Å². The highest BCUT2D eigenvalue weighted by molar-refractivity contribution is 7.99. The van der Waals surface area contributed by atoms with Gasteiger partial charge in [0.2, 0.25) is 5.91 Å². The molecule has 0 bridgehead atoms. The Bertz CT molecular complexity index is 1280. The number of amides is 1. The van der Waals surface area contributed by atoms with Crippen LogP contribution in [0.1, 0.15) is 16.7 Å². The van der Waals surface area contributed by atoms with Crippen LogP contribution in [0.3, 0.4) is 0 Å². The SMILES string of the molecule is Cc1ccc(C)c(-n2c(SCC(=O)Nc3ccccc3C)nnc2-c2ccccc2Cl)c1. The average Bonchev–Trinajstić information content (AvgIpc) is 3.19. The van der Waals surface area contributed by atoms with Crippen molar-refractivity contribution < 1.29 is 4.79 Å². The summed E-state index contributed by atoms with van der Waals surface area (Å²) in [7, 11) is 0. The molecule has 162 valence electrons. The Kier molecular flexibility index (Phi) is 6.63. The van der Waals surface area contributed by atoms with Crippen molar-refractivity contribution in [2.75, 3.05) is 11.1 Å². The predicted octanol–water partition coefficient (Wildman–Crippen LogP) is 6.24. The van der Waals surface area contributed by atoms with Crippen molar-refractivity contribution in [3.05, 3.63) is 88.4 Å². The molecule has 0 spiro atoms. The number of carbonyl (C=O) groups is 1. The van der Waals surface area contributed by atoms with Crippen LogP contribution in [-0.4, -0.2) is 26.4 Å². The fourth-order valence-corrected chi connectivity index (χ4v) is 4.35. The number of thioether (sulfide) groups is 1. The monoisotopic (exact) mass is 462 g/mol. The Hall–Kier alpha value is -3.09. The first-order valence-corrected chi connectivity index (χ1v) is 11.6. The summed E-state index contributed by atoms with van der Waals surface area (Å²) in [6.07, 6.45) is 0. The van der Waals surface area contributed by atoms with E-state index in [1.165, 1.54) is 11.8 Å². The van der Waals surface area contributed by atoms with Crippen molar-refractivity contribution >= 4 is 35.0 Å². The number of halogens is 1. The summed E-state index contributed by atoms with van der Waals surface area (Å²) in [5, 5.41) is 13.1. The third-order valence-corrected chi connectivity index (χ3v) is 6.36. The van der Waals surface area contributed by atoms with Crippen LogP contribution in [0.4, 0.5) is 5.69 Å². The molecular formula is C25H23ClN4OS. The number of carbonyl (C=O) groups excluding carboxylic acids is 1. The van der Waals surface area contributed by atoms with Gasteiger partial charge in [0.05, 0.1) is 16.5 Å². The fourth-order valence-electron chi connectivity index (χ4n) is 3.39. The third kappa shape index (κ3) is 4.71. The Balaban J connectivity index is 1.68. The van der Waals surface area contributed by atoms with Crippen LogP contribution < -0.4 is 5.32 Å². The van der Waals surface area contributed by atoms with E-state index in [0.29, 0.717) is 16.0 Å². The minimum atomic E-state index is -0.0980. The van der Waals surface area contributed by atoms with Gasteiger partial charge in [-0.25, -0.2) is 0 Å². The van der Waals surface area contributed by atoms with Crippen molar-refractivity contribution in [3.63, 3.8) is 0 Å². The molecule has 0 aliphatic rings. The van der Waals surface area contributed by atoms with Gasteiger partial charge in [0.25, 0.3) is 0 Å². The minimum absolute atomic E-state index is 0.0980. The Morgan fingerprint density at radius 2 is 1.72 bits per heavy atom. The largest absolute Gasteiger partial charge is 0.325 e. The molecule has 0 radical (unpaired) electrons. The Morgan fingerprint density at radius 1 is 0.969 bits per heavy atom. The lowest BCUT2D eigenvalue weighted by molar-refractivity contribution is -0.113. The maximum atomic E-state index is 12.6. The molecule has 1 heterocycles. The topological polar surface area (TPSA) is 59.8 Å². The lowest BCUT2D eigenvalue weighted by Crippen LogP contribution is -2.15. The zero-order valence-electron chi connectivity index (χ0n) is 18.1. The average molecular weight is 463 g/mol. The Labute approximate surface area is 196 Å². The van der Waals surface area contributed by atoms with E-state index in [9.17, 15) is 4.79 Å². The fraction of sp³-hybridized carbons (Fsp3) is 0.160. The number of benzene rings is 3. The van der Waals surface area contributed by atoms with E-state index < -0.39 is 0 Å². The van der Waals surface area contributed by atoms with Crippen LogP contribution in [0, 0.1) is 20.8 Å². The van der Waals surface area contributed by atoms with E-state index >= 15 is 0 Å². The predicted molar refractivity (Wildman–Crippen MR) is 132 cm³/mol. The zero-order chi connectivity index (χ0) is 22.7. The zero-order valence-corrected chi connectivity index (χ0v) is 19.7. The standard InChI is InChI=1S/C25H23ClN4OS/c1-16-12-13-18(3)22(14-16)30-24(19-9-5-6-10-20(19)26)28-29-25(30)32-15-23(31)27-21-11-7-4-8-17(21)2/h4-14H,15H2,1-3H3,(H,27,31). The summed E-state index contributed by atoms with van der Waals surface area (Å²) in [4.78, 5) is 12.6. The van der Waals surface area contributed by atoms with Crippen molar-refractivity contribution in [2.45, 2.75) is 25.9 Å². The van der Waals surface area contributed by atoms with Crippen LogP contribution >= 0.6 is 23.4 Å². The van der Waals surface area contributed by atoms with Crippen molar-refractivity contribution in [3.8, 4) is 17.1 Å². The summed E-state index contributed by atoms with van der Waals surface area (Å²) >= 11 is 7.82. The second-order valence-electron chi connectivity index (χ2n) is 7.56. The highest BCUT2D eigenvalue weighted by Crippen LogP contribution is 2.33. The van der Waals surface area contributed by atoms with Gasteiger partial charge in [-0.2, -0.15) is 0 Å². The van der Waals surface area contributed by atoms with Crippen LogP contribution in [0.25, 0.3) is 17.1 Å². The number of nitrogens with one attached hydrogen (secondary N) is 1. The quantitative estimate of drug-likeness (QED) is 0.344. The highest BCUT2D eigenvalue weighted by Gasteiger charge is 2.20. The maximum Gasteiger partial charge on any atom is 0.234 e. The molecule has 1 N–H and O–H groups in total. The highest BCUT2D eigenvalue weighted by atomic mass is 35.5. The number of nitrogens with zero attached hydrogens (tertiary/aromatic N) is 3. The molecule has 7 heteroatoms. The molecule has 0 fully saturated rings. The molecule has 0 saturated heterocycles. The van der Waals surface area contributed by atoms with Crippen molar-refractivity contribution in [1.82, 2.24) is 14.8 Å². The minimum Gasteiger partial charge on any atom is -0.325 e. The number of rotatable bonds is 6. The first-order chi connectivity index (χ1) is 15.4. The van der Waals surface area contributed by atoms with Gasteiger partial charge in [0.15, 0.2) is 11.0 Å². The molecule has 0 aliphatic heterocycles. The summed E-state index contributed by atoms with van der Waals surface area (Å²) in [6, 6.07) is 21.5. The lowest BCUT2D eigenvalue weighted by Gasteiger charge is -2.14. The lowest BCUT2D eigenvalue weighted by atomic mass is 10.1. The van der Waals surface area contributed by atoms with E-state index in [-0.39, 0.29) is 11.7 Å². The molecule has 1 amide bonds. The number of aryl methyl sites for hydroxylation is 3. The second kappa shape index (κ2) is 9.59. The summed E-state index contributed by atoms with van der Waals surface area (Å²) in [6.45, 7) is 6.06. The van der Waals surface area contributed by atoms with E-state index in [1.807, 2.05) is 73.9 Å². The maximum absolute atomic E-state index is 12.6. The summed E-state index contributed by atoms with van der Waals surface area (Å²) in [5.41, 5.74) is 5.79. The molecule has 32 heavy (non-hydrogen) atoms. The van der Waals surface area contributed by atoms with E-state index in [4.69, 9.17) is 11.6 Å². The van der Waals surface area contributed by atoms with E-state index in [0.717, 1.165) is 33.6 Å². The van der Waals surface area contributed by atoms with Crippen LogP contribution in [0.5, 0.6) is 0 Å². The molecule has 1 aromatic heterocycles. The van der Waals surface area contributed by atoms with Gasteiger partial charge < -0.3 is 5.32 Å². The van der Waals surface area contributed by atoms with Gasteiger partial charge in [-0.15, -0.1) is 10.2 Å². The molecule has 3 aromatic carbocycles. The van der Waals surface area contributed by atoms with Crippen molar-refractivity contribution in [2.24, 2.45) is 0 Å². The number of hydrogen-bond donors (Lipinski definition) is 1. The van der Waals surface area contributed by atoms with Gasteiger partial charge >= 0.3 is 0 Å². The van der Waals surface area contributed by atoms with Gasteiger partial charge in [-0.05, 0) is 61.7 Å². The van der Waals surface area contributed by atoms with Crippen LogP contribution in [0.15, 0.2) is 71.9 Å². The van der Waals surface area contributed by atoms with Gasteiger partial charge in [0, 0.05) is 11.3 Å². The Morgan fingerprint density at radius 3 is 2.50 bits per heavy atom. The number of anilines is 1. The third-order valence-electron chi connectivity index (χ3n) is 5.11. The first-order valence-electron chi connectivity index (χ1n) is 10.2. The molecule has 0 atom stereocenters. The summed E-state index contributed by atoms with van der Waals surface area (Å²) < 4.78 is 1.98. The molecule has 0 unspecified atom stereocenters.